The first kappa shape index (κ1) is 17.6. The van der Waals surface area contributed by atoms with Crippen molar-refractivity contribution in [2.45, 2.75) is 0 Å². The second-order valence-corrected chi connectivity index (χ2v) is 5.35. The van der Waals surface area contributed by atoms with E-state index in [1.165, 1.54) is 48.8 Å². The lowest BCUT2D eigenvalue weighted by Crippen LogP contribution is -2.28. The van der Waals surface area contributed by atoms with Crippen LogP contribution in [-0.4, -0.2) is 28.7 Å². The van der Waals surface area contributed by atoms with Gasteiger partial charge >= 0.3 is 6.03 Å². The highest BCUT2D eigenvalue weighted by Gasteiger charge is 2.01. The van der Waals surface area contributed by atoms with Crippen molar-refractivity contribution in [1.82, 2.24) is 10.9 Å². The summed E-state index contributed by atoms with van der Waals surface area (Å²) >= 11 is 11.6. The van der Waals surface area contributed by atoms with Crippen LogP contribution >= 0.6 is 23.2 Å². The zero-order valence-corrected chi connectivity index (χ0v) is 13.6. The molecule has 9 heteroatoms. The van der Waals surface area contributed by atoms with E-state index in [1.807, 2.05) is 0 Å². The van der Waals surface area contributed by atoms with Crippen LogP contribution in [0.3, 0.4) is 0 Å². The lowest BCUT2D eigenvalue weighted by Gasteiger charge is -2.01. The molecule has 2 rings (SSSR count). The molecule has 0 radical (unpaired) electrons. The van der Waals surface area contributed by atoms with Gasteiger partial charge in [-0.3, -0.25) is 0 Å². The minimum Gasteiger partial charge on any atom is -0.507 e. The Balaban J connectivity index is 1.89. The third-order valence-corrected chi connectivity index (χ3v) is 3.19. The zero-order chi connectivity index (χ0) is 17.5. The number of nitrogens with one attached hydrogen (secondary N) is 2. The number of carbonyl (C=O) groups excluding carboxylic acids is 1. The Kier molecular flexibility index (Phi) is 6.00. The van der Waals surface area contributed by atoms with Crippen molar-refractivity contribution in [3.63, 3.8) is 0 Å². The van der Waals surface area contributed by atoms with Gasteiger partial charge in [-0.2, -0.15) is 10.2 Å². The van der Waals surface area contributed by atoms with Gasteiger partial charge in [0.05, 0.1) is 12.4 Å². The summed E-state index contributed by atoms with van der Waals surface area (Å²) in [5.74, 6) is -0.0559. The first-order chi connectivity index (χ1) is 11.5. The Labute approximate surface area is 147 Å². The largest absolute Gasteiger partial charge is 0.507 e. The maximum absolute atomic E-state index is 11.5. The third-order valence-electron chi connectivity index (χ3n) is 2.72. The maximum atomic E-state index is 11.5. The maximum Gasteiger partial charge on any atom is 0.355 e. The van der Waals surface area contributed by atoms with Crippen LogP contribution in [0.1, 0.15) is 11.1 Å². The molecule has 124 valence electrons. The first-order valence-electron chi connectivity index (χ1n) is 6.55. The van der Waals surface area contributed by atoms with Crippen LogP contribution < -0.4 is 10.9 Å². The number of rotatable bonds is 4. The highest BCUT2D eigenvalue weighted by molar-refractivity contribution is 6.31. The van der Waals surface area contributed by atoms with Gasteiger partial charge in [0.15, 0.2) is 0 Å². The number of phenolic OH excluding ortho intramolecular Hbond substituents is 2. The van der Waals surface area contributed by atoms with Crippen molar-refractivity contribution in [3.8, 4) is 11.5 Å². The number of amides is 2. The lowest BCUT2D eigenvalue weighted by molar-refractivity contribution is 0.242. The summed E-state index contributed by atoms with van der Waals surface area (Å²) in [4.78, 5) is 11.5. The van der Waals surface area contributed by atoms with E-state index in [9.17, 15) is 15.0 Å². The van der Waals surface area contributed by atoms with Crippen LogP contribution in [0, 0.1) is 0 Å². The molecular weight excluding hydrogens is 355 g/mol. The third kappa shape index (κ3) is 5.15. The predicted octanol–water partition coefficient (Wildman–Crippen LogP) is 3.07. The summed E-state index contributed by atoms with van der Waals surface area (Å²) in [6, 6.07) is 8.12. The molecule has 0 heterocycles. The van der Waals surface area contributed by atoms with E-state index >= 15 is 0 Å². The Morgan fingerprint density at radius 3 is 1.71 bits per heavy atom. The van der Waals surface area contributed by atoms with Gasteiger partial charge in [-0.15, -0.1) is 0 Å². The van der Waals surface area contributed by atoms with Gasteiger partial charge in [0, 0.05) is 21.2 Å². The number of urea groups is 1. The fraction of sp³-hybridized carbons (Fsp3) is 0. The van der Waals surface area contributed by atoms with E-state index < -0.39 is 6.03 Å². The quantitative estimate of drug-likeness (QED) is 0.493. The molecule has 2 amide bonds. The van der Waals surface area contributed by atoms with E-state index in [2.05, 4.69) is 21.1 Å². The van der Waals surface area contributed by atoms with Crippen LogP contribution in [0.4, 0.5) is 4.79 Å². The second kappa shape index (κ2) is 8.19. The summed E-state index contributed by atoms with van der Waals surface area (Å²) in [5, 5.41) is 27.3. The number of hydrogen-bond donors (Lipinski definition) is 4. The fourth-order valence-corrected chi connectivity index (χ4v) is 1.96. The van der Waals surface area contributed by atoms with Gasteiger partial charge in [-0.25, -0.2) is 15.6 Å². The number of phenols is 2. The minimum absolute atomic E-state index is 0.0280. The average molecular weight is 367 g/mol. The Bertz CT molecular complexity index is 744. The van der Waals surface area contributed by atoms with Crippen molar-refractivity contribution in [3.05, 3.63) is 57.6 Å². The average Bonchev–Trinajstić information content (AvgIpc) is 2.54. The number of benzene rings is 2. The van der Waals surface area contributed by atoms with Crippen LogP contribution in [0.5, 0.6) is 11.5 Å². The minimum atomic E-state index is -0.717. The molecule has 0 fully saturated rings. The van der Waals surface area contributed by atoms with E-state index in [0.29, 0.717) is 21.2 Å². The molecule has 0 aromatic heterocycles. The van der Waals surface area contributed by atoms with E-state index in [0.717, 1.165) is 0 Å². The number of nitrogens with zero attached hydrogens (tertiary/aromatic N) is 2. The number of aromatic hydroxyl groups is 2. The molecule has 0 saturated carbocycles. The summed E-state index contributed by atoms with van der Waals surface area (Å²) in [6.07, 6.45) is 2.46. The fourth-order valence-electron chi connectivity index (χ4n) is 1.60. The van der Waals surface area contributed by atoms with Crippen LogP contribution in [0.2, 0.25) is 10.0 Å². The van der Waals surface area contributed by atoms with E-state index in [-0.39, 0.29) is 11.5 Å². The molecule has 2 aromatic rings. The Morgan fingerprint density at radius 2 is 1.29 bits per heavy atom. The molecule has 24 heavy (non-hydrogen) atoms. The number of halogens is 2. The van der Waals surface area contributed by atoms with Gasteiger partial charge < -0.3 is 10.2 Å². The molecule has 0 saturated heterocycles. The molecule has 2 aromatic carbocycles. The van der Waals surface area contributed by atoms with Crippen LogP contribution in [0.15, 0.2) is 46.6 Å². The summed E-state index contributed by atoms with van der Waals surface area (Å²) < 4.78 is 0. The topological polar surface area (TPSA) is 106 Å². The number of carbonyl (C=O) groups is 1. The molecule has 4 N–H and O–H groups in total. The molecule has 0 bridgehead atoms. The molecule has 0 aliphatic heterocycles. The Morgan fingerprint density at radius 1 is 0.875 bits per heavy atom. The zero-order valence-electron chi connectivity index (χ0n) is 12.1. The first-order valence-corrected chi connectivity index (χ1v) is 7.30. The standard InChI is InChI=1S/C15H12Cl2N4O3/c16-11-1-3-13(22)9(5-11)7-18-20-15(24)21-19-8-10-6-12(17)2-4-14(10)23/h1-8,22-23H,(H2,20,21,24)/b18-7+,19-8+. The Hall–Kier alpha value is -2.77. The van der Waals surface area contributed by atoms with Crippen molar-refractivity contribution in [2.24, 2.45) is 10.2 Å². The monoisotopic (exact) mass is 366 g/mol. The van der Waals surface area contributed by atoms with Gasteiger partial charge in [-0.1, -0.05) is 23.2 Å². The normalized spacial score (nSPS) is 11.1. The molecule has 0 aliphatic rings. The van der Waals surface area contributed by atoms with Crippen molar-refractivity contribution in [1.29, 1.82) is 0 Å². The second-order valence-electron chi connectivity index (χ2n) is 4.48. The molecule has 7 nitrogen and oxygen atoms in total. The molecule has 0 atom stereocenters. The van der Waals surface area contributed by atoms with Gasteiger partial charge in [0.1, 0.15) is 11.5 Å². The van der Waals surface area contributed by atoms with Crippen molar-refractivity contribution < 1.29 is 15.0 Å². The van der Waals surface area contributed by atoms with Gasteiger partial charge in [-0.05, 0) is 36.4 Å². The van der Waals surface area contributed by atoms with E-state index in [1.54, 1.807) is 0 Å². The summed E-state index contributed by atoms with van der Waals surface area (Å²) in [5.41, 5.74) is 4.99. The highest BCUT2D eigenvalue weighted by Crippen LogP contribution is 2.20. The SMILES string of the molecule is O=C(N/N=C/c1cc(Cl)ccc1O)N/N=C/c1cc(Cl)ccc1O. The number of hydrazone groups is 2. The van der Waals surface area contributed by atoms with Crippen LogP contribution in [0.25, 0.3) is 0 Å². The van der Waals surface area contributed by atoms with Crippen molar-refractivity contribution in [2.75, 3.05) is 0 Å². The lowest BCUT2D eigenvalue weighted by atomic mass is 10.2. The van der Waals surface area contributed by atoms with Crippen molar-refractivity contribution >= 4 is 41.7 Å². The van der Waals surface area contributed by atoms with Gasteiger partial charge in [0.2, 0.25) is 0 Å². The molecule has 0 unspecified atom stereocenters. The molecule has 0 spiro atoms. The van der Waals surface area contributed by atoms with Crippen LogP contribution in [-0.2, 0) is 0 Å². The summed E-state index contributed by atoms with van der Waals surface area (Å²) in [6.45, 7) is 0. The molecular formula is C15H12Cl2N4O3. The van der Waals surface area contributed by atoms with E-state index in [4.69, 9.17) is 23.2 Å². The highest BCUT2D eigenvalue weighted by atomic mass is 35.5. The summed E-state index contributed by atoms with van der Waals surface area (Å²) in [7, 11) is 0. The predicted molar refractivity (Wildman–Crippen MR) is 93.1 cm³/mol. The smallest absolute Gasteiger partial charge is 0.355 e. The van der Waals surface area contributed by atoms with Gasteiger partial charge in [0.25, 0.3) is 0 Å². The molecule has 0 aliphatic carbocycles. The number of hydrogen-bond acceptors (Lipinski definition) is 5.